The number of nitrogen functional groups attached to an aromatic ring is 1. The van der Waals surface area contributed by atoms with Gasteiger partial charge in [0.2, 0.25) is 0 Å². The number of hydrogen-bond acceptors (Lipinski definition) is 3. The van der Waals surface area contributed by atoms with Crippen LogP contribution < -0.4 is 10.6 Å². The summed E-state index contributed by atoms with van der Waals surface area (Å²) in [5.41, 5.74) is 11.4. The number of rotatable bonds is 2. The zero-order valence-electron chi connectivity index (χ0n) is 12.0. The van der Waals surface area contributed by atoms with Crippen LogP contribution in [0.15, 0.2) is 36.5 Å². The van der Waals surface area contributed by atoms with Crippen molar-refractivity contribution in [3.05, 3.63) is 42.1 Å². The maximum absolute atomic E-state index is 6.14. The average molecular weight is 267 g/mol. The van der Waals surface area contributed by atoms with Gasteiger partial charge in [-0.2, -0.15) is 0 Å². The van der Waals surface area contributed by atoms with Crippen LogP contribution in [-0.2, 0) is 0 Å². The van der Waals surface area contributed by atoms with Gasteiger partial charge < -0.3 is 10.6 Å². The zero-order valence-corrected chi connectivity index (χ0v) is 12.0. The fourth-order valence-corrected chi connectivity index (χ4v) is 2.80. The second-order valence-electron chi connectivity index (χ2n) is 5.54. The molecule has 0 aliphatic carbocycles. The van der Waals surface area contributed by atoms with Gasteiger partial charge in [-0.1, -0.05) is 0 Å². The van der Waals surface area contributed by atoms with Gasteiger partial charge in [-0.3, -0.25) is 4.98 Å². The first kappa shape index (κ1) is 13.0. The van der Waals surface area contributed by atoms with Gasteiger partial charge in [0, 0.05) is 36.2 Å². The third kappa shape index (κ3) is 2.62. The van der Waals surface area contributed by atoms with E-state index in [0.717, 1.165) is 30.0 Å². The Bertz CT molecular complexity index is 601. The fourth-order valence-electron chi connectivity index (χ4n) is 2.80. The molecule has 3 nitrogen and oxygen atoms in total. The summed E-state index contributed by atoms with van der Waals surface area (Å²) >= 11 is 0. The van der Waals surface area contributed by atoms with Crippen LogP contribution >= 0.6 is 0 Å². The minimum absolute atomic E-state index is 0.795. The van der Waals surface area contributed by atoms with Gasteiger partial charge in [0.15, 0.2) is 0 Å². The van der Waals surface area contributed by atoms with Crippen molar-refractivity contribution in [2.45, 2.75) is 26.2 Å². The van der Waals surface area contributed by atoms with Gasteiger partial charge in [-0.25, -0.2) is 0 Å². The van der Waals surface area contributed by atoms with Gasteiger partial charge in [0.25, 0.3) is 0 Å². The van der Waals surface area contributed by atoms with Crippen LogP contribution in [-0.4, -0.2) is 18.1 Å². The summed E-state index contributed by atoms with van der Waals surface area (Å²) in [6, 6.07) is 10.4. The SMILES string of the molecule is Cc1ccnc(-c2cc(N3CCCCC3)ccc2N)c1. The Morgan fingerprint density at radius 1 is 1.05 bits per heavy atom. The Morgan fingerprint density at radius 3 is 2.60 bits per heavy atom. The molecular weight excluding hydrogens is 246 g/mol. The first-order valence-corrected chi connectivity index (χ1v) is 7.31. The lowest BCUT2D eigenvalue weighted by Crippen LogP contribution is -2.29. The Labute approximate surface area is 120 Å². The number of aromatic nitrogens is 1. The minimum atomic E-state index is 0.795. The van der Waals surface area contributed by atoms with E-state index >= 15 is 0 Å². The molecule has 104 valence electrons. The normalized spacial score (nSPS) is 15.3. The van der Waals surface area contributed by atoms with Crippen LogP contribution in [0.3, 0.4) is 0 Å². The van der Waals surface area contributed by atoms with Crippen molar-refractivity contribution < 1.29 is 0 Å². The highest BCUT2D eigenvalue weighted by Gasteiger charge is 2.13. The molecule has 1 aromatic heterocycles. The quantitative estimate of drug-likeness (QED) is 0.845. The van der Waals surface area contributed by atoms with Crippen molar-refractivity contribution in [2.75, 3.05) is 23.7 Å². The monoisotopic (exact) mass is 267 g/mol. The third-order valence-electron chi connectivity index (χ3n) is 3.95. The van der Waals surface area contributed by atoms with Crippen molar-refractivity contribution in [1.29, 1.82) is 0 Å². The van der Waals surface area contributed by atoms with E-state index in [1.165, 1.54) is 30.5 Å². The maximum atomic E-state index is 6.14. The molecule has 1 aliphatic rings. The number of nitrogens with zero attached hydrogens (tertiary/aromatic N) is 2. The zero-order chi connectivity index (χ0) is 13.9. The summed E-state index contributed by atoms with van der Waals surface area (Å²) in [5, 5.41) is 0. The molecule has 1 saturated heterocycles. The summed E-state index contributed by atoms with van der Waals surface area (Å²) in [7, 11) is 0. The molecule has 0 spiro atoms. The topological polar surface area (TPSA) is 42.2 Å². The van der Waals surface area contributed by atoms with E-state index in [0.29, 0.717) is 0 Å². The molecule has 0 unspecified atom stereocenters. The average Bonchev–Trinajstić information content (AvgIpc) is 2.48. The lowest BCUT2D eigenvalue weighted by molar-refractivity contribution is 0.578. The van der Waals surface area contributed by atoms with Crippen LogP contribution in [0.5, 0.6) is 0 Å². The first-order valence-electron chi connectivity index (χ1n) is 7.31. The van der Waals surface area contributed by atoms with Gasteiger partial charge in [-0.05, 0) is 62.1 Å². The van der Waals surface area contributed by atoms with E-state index in [4.69, 9.17) is 5.73 Å². The van der Waals surface area contributed by atoms with Crippen molar-refractivity contribution in [3.63, 3.8) is 0 Å². The Morgan fingerprint density at radius 2 is 1.85 bits per heavy atom. The summed E-state index contributed by atoms with van der Waals surface area (Å²) < 4.78 is 0. The predicted octanol–water partition coefficient (Wildman–Crippen LogP) is 3.63. The van der Waals surface area contributed by atoms with E-state index in [1.807, 2.05) is 18.3 Å². The van der Waals surface area contributed by atoms with E-state index < -0.39 is 0 Å². The van der Waals surface area contributed by atoms with Crippen molar-refractivity contribution in [2.24, 2.45) is 0 Å². The molecule has 0 radical (unpaired) electrons. The number of pyridine rings is 1. The second kappa shape index (κ2) is 5.53. The summed E-state index contributed by atoms with van der Waals surface area (Å²) in [4.78, 5) is 6.91. The lowest BCUT2D eigenvalue weighted by atomic mass is 10.0. The predicted molar refractivity (Wildman–Crippen MR) is 84.9 cm³/mol. The molecule has 2 N–H and O–H groups in total. The smallest absolute Gasteiger partial charge is 0.0726 e. The molecule has 0 atom stereocenters. The molecule has 1 aliphatic heterocycles. The van der Waals surface area contributed by atoms with Gasteiger partial charge in [0.05, 0.1) is 5.69 Å². The van der Waals surface area contributed by atoms with Crippen LogP contribution in [0.4, 0.5) is 11.4 Å². The largest absolute Gasteiger partial charge is 0.398 e. The van der Waals surface area contributed by atoms with E-state index in [2.05, 4.69) is 35.0 Å². The number of benzene rings is 1. The van der Waals surface area contributed by atoms with E-state index in [1.54, 1.807) is 0 Å². The highest BCUT2D eigenvalue weighted by molar-refractivity contribution is 5.78. The van der Waals surface area contributed by atoms with Crippen molar-refractivity contribution in [3.8, 4) is 11.3 Å². The molecule has 0 saturated carbocycles. The lowest BCUT2D eigenvalue weighted by Gasteiger charge is -2.29. The number of hydrogen-bond donors (Lipinski definition) is 1. The molecule has 2 heterocycles. The molecule has 2 aromatic rings. The Balaban J connectivity index is 1.98. The summed E-state index contributed by atoms with van der Waals surface area (Å²) in [6.45, 7) is 4.37. The van der Waals surface area contributed by atoms with Crippen LogP contribution in [0.25, 0.3) is 11.3 Å². The summed E-state index contributed by atoms with van der Waals surface area (Å²) in [6.07, 6.45) is 5.75. The van der Waals surface area contributed by atoms with Crippen molar-refractivity contribution >= 4 is 11.4 Å². The first-order chi connectivity index (χ1) is 9.74. The van der Waals surface area contributed by atoms with Crippen LogP contribution in [0.1, 0.15) is 24.8 Å². The standard InChI is InChI=1S/C17H21N3/c1-13-7-8-19-17(11-13)15-12-14(5-6-16(15)18)20-9-3-2-4-10-20/h5-8,11-12H,2-4,9-10,18H2,1H3. The molecule has 1 aromatic carbocycles. The van der Waals surface area contributed by atoms with Crippen LogP contribution in [0, 0.1) is 6.92 Å². The highest BCUT2D eigenvalue weighted by Crippen LogP contribution is 2.30. The van der Waals surface area contributed by atoms with E-state index in [9.17, 15) is 0 Å². The fraction of sp³-hybridized carbons (Fsp3) is 0.353. The Kier molecular flexibility index (Phi) is 3.59. The van der Waals surface area contributed by atoms with E-state index in [-0.39, 0.29) is 0 Å². The summed E-state index contributed by atoms with van der Waals surface area (Å²) in [5.74, 6) is 0. The maximum Gasteiger partial charge on any atom is 0.0726 e. The highest BCUT2D eigenvalue weighted by atomic mass is 15.1. The number of piperidine rings is 1. The van der Waals surface area contributed by atoms with Gasteiger partial charge >= 0.3 is 0 Å². The molecule has 0 amide bonds. The minimum Gasteiger partial charge on any atom is -0.398 e. The molecule has 3 heteroatoms. The molecule has 0 bridgehead atoms. The molecular formula is C17H21N3. The van der Waals surface area contributed by atoms with Crippen LogP contribution in [0.2, 0.25) is 0 Å². The number of nitrogens with two attached hydrogens (primary N) is 1. The molecule has 20 heavy (non-hydrogen) atoms. The second-order valence-corrected chi connectivity index (χ2v) is 5.54. The van der Waals surface area contributed by atoms with Crippen molar-refractivity contribution in [1.82, 2.24) is 4.98 Å². The van der Waals surface area contributed by atoms with Gasteiger partial charge in [0.1, 0.15) is 0 Å². The molecule has 1 fully saturated rings. The third-order valence-corrected chi connectivity index (χ3v) is 3.95. The Hall–Kier alpha value is -2.03. The number of aryl methyl sites for hydroxylation is 1. The molecule has 3 rings (SSSR count). The van der Waals surface area contributed by atoms with Gasteiger partial charge in [-0.15, -0.1) is 0 Å². The number of anilines is 2.